The van der Waals surface area contributed by atoms with Crippen LogP contribution in [0.3, 0.4) is 0 Å². The summed E-state index contributed by atoms with van der Waals surface area (Å²) in [7, 11) is 1.58. The standard InChI is InChI=1S/C13H18N2O3/c1-14-11(16)8-5-9-15-12(13(17)18)10-6-3-2-4-7-10/h2-4,6-7,12,15H,5,8-9H2,1H3,(H,14,16)(H,17,18). The van der Waals surface area contributed by atoms with E-state index in [0.717, 1.165) is 0 Å². The molecule has 98 valence electrons. The Balaban J connectivity index is 2.45. The molecule has 0 bridgehead atoms. The second kappa shape index (κ2) is 7.45. The molecule has 18 heavy (non-hydrogen) atoms. The molecule has 0 aliphatic carbocycles. The van der Waals surface area contributed by atoms with Gasteiger partial charge in [-0.1, -0.05) is 30.3 Å². The molecule has 0 heterocycles. The molecule has 0 fully saturated rings. The van der Waals surface area contributed by atoms with Gasteiger partial charge >= 0.3 is 5.97 Å². The Labute approximate surface area is 106 Å². The van der Waals surface area contributed by atoms with E-state index in [2.05, 4.69) is 10.6 Å². The molecular formula is C13H18N2O3. The lowest BCUT2D eigenvalue weighted by molar-refractivity contribution is -0.139. The number of hydrogen-bond acceptors (Lipinski definition) is 3. The zero-order valence-corrected chi connectivity index (χ0v) is 10.3. The molecular weight excluding hydrogens is 232 g/mol. The number of hydrogen-bond donors (Lipinski definition) is 3. The highest BCUT2D eigenvalue weighted by Gasteiger charge is 2.18. The Kier molecular flexibility index (Phi) is 5.87. The van der Waals surface area contributed by atoms with Gasteiger partial charge in [-0.25, -0.2) is 0 Å². The van der Waals surface area contributed by atoms with Gasteiger partial charge in [-0.05, 0) is 18.5 Å². The van der Waals surface area contributed by atoms with Gasteiger partial charge in [-0.15, -0.1) is 0 Å². The third-order valence-corrected chi connectivity index (χ3v) is 2.59. The van der Waals surface area contributed by atoms with Crippen LogP contribution >= 0.6 is 0 Å². The quantitative estimate of drug-likeness (QED) is 0.629. The number of nitrogens with one attached hydrogen (secondary N) is 2. The molecule has 1 aromatic carbocycles. The van der Waals surface area contributed by atoms with Crippen molar-refractivity contribution in [1.29, 1.82) is 0 Å². The molecule has 0 saturated carbocycles. The largest absolute Gasteiger partial charge is 0.480 e. The van der Waals surface area contributed by atoms with E-state index in [0.29, 0.717) is 24.9 Å². The summed E-state index contributed by atoms with van der Waals surface area (Å²) in [5.74, 6) is -0.954. The molecule has 0 aliphatic heterocycles. The maximum atomic E-state index is 11.1. The number of rotatable bonds is 7. The Morgan fingerprint density at radius 2 is 1.94 bits per heavy atom. The Hall–Kier alpha value is -1.88. The van der Waals surface area contributed by atoms with E-state index in [9.17, 15) is 9.59 Å². The van der Waals surface area contributed by atoms with Crippen LogP contribution in [0, 0.1) is 0 Å². The molecule has 0 spiro atoms. The van der Waals surface area contributed by atoms with Gasteiger partial charge in [-0.3, -0.25) is 9.59 Å². The lowest BCUT2D eigenvalue weighted by Gasteiger charge is -2.14. The topological polar surface area (TPSA) is 78.4 Å². The van der Waals surface area contributed by atoms with Crippen LogP contribution < -0.4 is 10.6 Å². The first-order chi connectivity index (χ1) is 8.65. The number of amides is 1. The SMILES string of the molecule is CNC(=O)CCCNC(C(=O)O)c1ccccc1. The fourth-order valence-corrected chi connectivity index (χ4v) is 1.61. The van der Waals surface area contributed by atoms with E-state index in [1.807, 2.05) is 6.07 Å². The third kappa shape index (κ3) is 4.55. The van der Waals surface area contributed by atoms with Crippen molar-refractivity contribution in [3.8, 4) is 0 Å². The Morgan fingerprint density at radius 3 is 2.50 bits per heavy atom. The summed E-state index contributed by atoms with van der Waals surface area (Å²) in [6.45, 7) is 0.485. The molecule has 5 heteroatoms. The minimum absolute atomic E-state index is 0.0385. The number of aliphatic carboxylic acids is 1. The molecule has 0 radical (unpaired) electrons. The van der Waals surface area contributed by atoms with Crippen LogP contribution in [0.1, 0.15) is 24.4 Å². The summed E-state index contributed by atoms with van der Waals surface area (Å²) < 4.78 is 0. The summed E-state index contributed by atoms with van der Waals surface area (Å²) in [6.07, 6.45) is 1.00. The molecule has 3 N–H and O–H groups in total. The van der Waals surface area contributed by atoms with Crippen LogP contribution in [0.15, 0.2) is 30.3 Å². The highest BCUT2D eigenvalue weighted by atomic mass is 16.4. The highest BCUT2D eigenvalue weighted by Crippen LogP contribution is 2.12. The molecule has 1 aromatic rings. The minimum Gasteiger partial charge on any atom is -0.480 e. The van der Waals surface area contributed by atoms with Gasteiger partial charge in [0.1, 0.15) is 6.04 Å². The van der Waals surface area contributed by atoms with Gasteiger partial charge in [0.15, 0.2) is 0 Å². The molecule has 0 saturated heterocycles. The van der Waals surface area contributed by atoms with Crippen LogP contribution in [0.5, 0.6) is 0 Å². The number of carbonyl (C=O) groups excluding carboxylic acids is 1. The average molecular weight is 250 g/mol. The maximum absolute atomic E-state index is 11.1. The van der Waals surface area contributed by atoms with Crippen molar-refractivity contribution >= 4 is 11.9 Å². The van der Waals surface area contributed by atoms with Crippen molar-refractivity contribution in [1.82, 2.24) is 10.6 Å². The summed E-state index contributed by atoms with van der Waals surface area (Å²) in [4.78, 5) is 22.1. The normalized spacial score (nSPS) is 11.8. The van der Waals surface area contributed by atoms with Gasteiger partial charge in [0.05, 0.1) is 0 Å². The monoisotopic (exact) mass is 250 g/mol. The van der Waals surface area contributed by atoms with Crippen LogP contribution in [-0.2, 0) is 9.59 Å². The fraction of sp³-hybridized carbons (Fsp3) is 0.385. The minimum atomic E-state index is -0.916. The first-order valence-corrected chi connectivity index (χ1v) is 5.87. The zero-order chi connectivity index (χ0) is 13.4. The summed E-state index contributed by atoms with van der Waals surface area (Å²) in [5, 5.41) is 14.6. The third-order valence-electron chi connectivity index (χ3n) is 2.59. The lowest BCUT2D eigenvalue weighted by atomic mass is 10.1. The molecule has 1 amide bonds. The second-order valence-corrected chi connectivity index (χ2v) is 3.91. The second-order valence-electron chi connectivity index (χ2n) is 3.91. The van der Waals surface area contributed by atoms with E-state index in [4.69, 9.17) is 5.11 Å². The van der Waals surface area contributed by atoms with E-state index in [-0.39, 0.29) is 5.91 Å². The molecule has 1 unspecified atom stereocenters. The average Bonchev–Trinajstić information content (AvgIpc) is 2.38. The smallest absolute Gasteiger partial charge is 0.325 e. The van der Waals surface area contributed by atoms with Crippen LogP contribution in [-0.4, -0.2) is 30.6 Å². The molecule has 1 rings (SSSR count). The van der Waals surface area contributed by atoms with E-state index >= 15 is 0 Å². The number of benzene rings is 1. The number of carboxylic acid groups (broad SMARTS) is 1. The summed E-state index contributed by atoms with van der Waals surface area (Å²) in [6, 6.07) is 8.26. The molecule has 0 aliphatic rings. The first-order valence-electron chi connectivity index (χ1n) is 5.87. The van der Waals surface area contributed by atoms with Crippen LogP contribution in [0.2, 0.25) is 0 Å². The van der Waals surface area contributed by atoms with Crippen molar-refractivity contribution in [2.45, 2.75) is 18.9 Å². The Morgan fingerprint density at radius 1 is 1.28 bits per heavy atom. The van der Waals surface area contributed by atoms with Gasteiger partial charge in [0.2, 0.25) is 5.91 Å². The molecule has 5 nitrogen and oxygen atoms in total. The van der Waals surface area contributed by atoms with Crippen molar-refractivity contribution in [2.24, 2.45) is 0 Å². The van der Waals surface area contributed by atoms with Crippen molar-refractivity contribution < 1.29 is 14.7 Å². The van der Waals surface area contributed by atoms with Crippen molar-refractivity contribution in [2.75, 3.05) is 13.6 Å². The van der Waals surface area contributed by atoms with Crippen molar-refractivity contribution in [3.63, 3.8) is 0 Å². The lowest BCUT2D eigenvalue weighted by Crippen LogP contribution is -2.30. The van der Waals surface area contributed by atoms with Crippen LogP contribution in [0.25, 0.3) is 0 Å². The van der Waals surface area contributed by atoms with Gasteiger partial charge in [0.25, 0.3) is 0 Å². The predicted octanol–water partition coefficient (Wildman–Crippen LogP) is 0.928. The molecule has 0 aromatic heterocycles. The highest BCUT2D eigenvalue weighted by molar-refractivity contribution is 5.76. The van der Waals surface area contributed by atoms with E-state index in [1.54, 1.807) is 31.3 Å². The molecule has 1 atom stereocenters. The van der Waals surface area contributed by atoms with Gasteiger partial charge < -0.3 is 15.7 Å². The zero-order valence-electron chi connectivity index (χ0n) is 10.3. The summed E-state index contributed by atoms with van der Waals surface area (Å²) >= 11 is 0. The fourth-order valence-electron chi connectivity index (χ4n) is 1.61. The van der Waals surface area contributed by atoms with Gasteiger partial charge in [-0.2, -0.15) is 0 Å². The Bertz CT molecular complexity index is 392. The van der Waals surface area contributed by atoms with E-state index in [1.165, 1.54) is 0 Å². The van der Waals surface area contributed by atoms with Crippen molar-refractivity contribution in [3.05, 3.63) is 35.9 Å². The maximum Gasteiger partial charge on any atom is 0.325 e. The van der Waals surface area contributed by atoms with Gasteiger partial charge in [0, 0.05) is 13.5 Å². The van der Waals surface area contributed by atoms with Crippen LogP contribution in [0.4, 0.5) is 0 Å². The van der Waals surface area contributed by atoms with E-state index < -0.39 is 12.0 Å². The first kappa shape index (κ1) is 14.2. The summed E-state index contributed by atoms with van der Waals surface area (Å²) in [5.41, 5.74) is 0.713. The predicted molar refractivity (Wildman–Crippen MR) is 68.1 cm³/mol. The number of carboxylic acids is 1. The number of carbonyl (C=O) groups is 2.